The van der Waals surface area contributed by atoms with Crippen LogP contribution in [0.3, 0.4) is 0 Å². The molecule has 0 radical (unpaired) electrons. The summed E-state index contributed by atoms with van der Waals surface area (Å²) in [6, 6.07) is 9.33. The maximum Gasteiger partial charge on any atom is 0.225 e. The van der Waals surface area contributed by atoms with Crippen molar-refractivity contribution < 1.29 is 14.3 Å². The summed E-state index contributed by atoms with van der Waals surface area (Å²) in [5.74, 6) is 1.64. The summed E-state index contributed by atoms with van der Waals surface area (Å²) in [6.45, 7) is 4.94. The van der Waals surface area contributed by atoms with Crippen LogP contribution in [-0.2, 0) is 16.0 Å². The van der Waals surface area contributed by atoms with Crippen LogP contribution in [0, 0.1) is 12.8 Å². The van der Waals surface area contributed by atoms with Crippen molar-refractivity contribution in [3.05, 3.63) is 40.9 Å². The molecule has 3 heterocycles. The Hall–Kier alpha value is -2.84. The zero-order valence-electron chi connectivity index (χ0n) is 19.5. The first-order valence-electron chi connectivity index (χ1n) is 12.1. The van der Waals surface area contributed by atoms with E-state index in [1.54, 1.807) is 6.07 Å². The average molecular weight is 479 g/mol. The number of carbonyl (C=O) groups is 2. The zero-order chi connectivity index (χ0) is 23.5. The molecule has 0 atom stereocenters. The van der Waals surface area contributed by atoms with Crippen molar-refractivity contribution in [2.24, 2.45) is 5.92 Å². The number of hydrogen-bond donors (Lipinski definition) is 1. The first kappa shape index (κ1) is 22.9. The summed E-state index contributed by atoms with van der Waals surface area (Å²) >= 11 is 1.44. The number of carbonyl (C=O) groups excluding carboxylic acids is 2. The molecule has 0 unspecified atom stereocenters. The van der Waals surface area contributed by atoms with Gasteiger partial charge in [0.15, 0.2) is 0 Å². The van der Waals surface area contributed by atoms with Crippen molar-refractivity contribution in [3.8, 4) is 11.6 Å². The van der Waals surface area contributed by atoms with Crippen molar-refractivity contribution >= 4 is 39.1 Å². The van der Waals surface area contributed by atoms with E-state index in [0.717, 1.165) is 53.4 Å². The molecule has 7 nitrogen and oxygen atoms in total. The average Bonchev–Trinajstić information content (AvgIpc) is 3.61. The monoisotopic (exact) mass is 478 g/mol. The Morgan fingerprint density at radius 3 is 2.74 bits per heavy atom. The van der Waals surface area contributed by atoms with Crippen LogP contribution in [0.5, 0.6) is 11.6 Å². The summed E-state index contributed by atoms with van der Waals surface area (Å²) in [7, 11) is 0. The Morgan fingerprint density at radius 2 is 1.94 bits per heavy atom. The molecule has 1 aromatic carbocycles. The lowest BCUT2D eigenvalue weighted by Gasteiger charge is -2.25. The number of likely N-dealkylation sites (tertiary alicyclic amines) is 1. The van der Waals surface area contributed by atoms with E-state index in [4.69, 9.17) is 4.74 Å². The van der Waals surface area contributed by atoms with Gasteiger partial charge in [-0.05, 0) is 63.4 Å². The summed E-state index contributed by atoms with van der Waals surface area (Å²) in [5, 5.41) is 3.80. The van der Waals surface area contributed by atoms with Gasteiger partial charge in [0, 0.05) is 36.7 Å². The molecule has 1 amide bonds. The highest BCUT2D eigenvalue weighted by molar-refractivity contribution is 7.18. The van der Waals surface area contributed by atoms with Crippen molar-refractivity contribution in [2.75, 3.05) is 25.0 Å². The summed E-state index contributed by atoms with van der Waals surface area (Å²) in [5.41, 5.74) is 2.44. The molecule has 1 aliphatic carbocycles. The number of thiazole rings is 1. The zero-order valence-corrected chi connectivity index (χ0v) is 20.3. The maximum atomic E-state index is 12.5. The van der Waals surface area contributed by atoms with Crippen molar-refractivity contribution in [1.29, 1.82) is 0 Å². The van der Waals surface area contributed by atoms with Gasteiger partial charge in [-0.25, -0.2) is 9.97 Å². The predicted octanol–water partition coefficient (Wildman–Crippen LogP) is 5.13. The molecule has 3 aromatic rings. The Morgan fingerprint density at radius 1 is 1.12 bits per heavy atom. The minimum absolute atomic E-state index is 0.0119. The molecular formula is C26H30N4O3S. The summed E-state index contributed by atoms with van der Waals surface area (Å²) in [6.07, 6.45) is 6.64. The Bertz CT molecular complexity index is 1200. The highest BCUT2D eigenvalue weighted by Gasteiger charge is 2.30. The molecule has 178 valence electrons. The standard InChI is InChI=1S/C26H30N4O3S/c1-17-5-8-19(27-23(32)11-14-30-12-3-2-4-13-30)15-22(17)33-24-10-9-20-26(29-24)34-25(28-20)16-21(31)18-6-7-18/h5,8-10,15,18H,2-4,6-7,11-14,16H2,1H3,(H,27,32). The molecular weight excluding hydrogens is 448 g/mol. The fourth-order valence-corrected chi connectivity index (χ4v) is 5.18. The normalized spacial score (nSPS) is 16.5. The minimum Gasteiger partial charge on any atom is -0.439 e. The quantitative estimate of drug-likeness (QED) is 0.459. The molecule has 5 rings (SSSR count). The number of aryl methyl sites for hydroxylation is 1. The first-order valence-corrected chi connectivity index (χ1v) is 12.9. The lowest BCUT2D eigenvalue weighted by atomic mass is 10.1. The fraction of sp³-hybridized carbons (Fsp3) is 0.462. The smallest absolute Gasteiger partial charge is 0.225 e. The van der Waals surface area contributed by atoms with E-state index >= 15 is 0 Å². The van der Waals surface area contributed by atoms with E-state index in [0.29, 0.717) is 30.2 Å². The van der Waals surface area contributed by atoms with E-state index in [1.165, 1.54) is 30.6 Å². The minimum atomic E-state index is 0.0119. The van der Waals surface area contributed by atoms with Crippen LogP contribution in [0.25, 0.3) is 10.3 Å². The number of anilines is 1. The van der Waals surface area contributed by atoms with E-state index in [1.807, 2.05) is 31.2 Å². The molecule has 2 aliphatic rings. The van der Waals surface area contributed by atoms with E-state index in [2.05, 4.69) is 20.2 Å². The molecule has 8 heteroatoms. The van der Waals surface area contributed by atoms with Crippen LogP contribution in [0.4, 0.5) is 5.69 Å². The van der Waals surface area contributed by atoms with Gasteiger partial charge in [0.25, 0.3) is 0 Å². The number of aromatic nitrogens is 2. The third-order valence-electron chi connectivity index (χ3n) is 6.42. The molecule has 0 bridgehead atoms. The summed E-state index contributed by atoms with van der Waals surface area (Å²) in [4.78, 5) is 36.9. The molecule has 0 spiro atoms. The van der Waals surface area contributed by atoms with Crippen molar-refractivity contribution in [1.82, 2.24) is 14.9 Å². The third-order valence-corrected chi connectivity index (χ3v) is 7.39. The number of pyridine rings is 1. The molecule has 1 aliphatic heterocycles. The van der Waals surface area contributed by atoms with Gasteiger partial charge in [0.05, 0.1) is 6.42 Å². The topological polar surface area (TPSA) is 84.4 Å². The molecule has 1 N–H and O–H groups in total. The SMILES string of the molecule is Cc1ccc(NC(=O)CCN2CCCCC2)cc1Oc1ccc2nc(CC(=O)C3CC3)sc2n1. The van der Waals surface area contributed by atoms with Gasteiger partial charge in [-0.1, -0.05) is 23.8 Å². The van der Waals surface area contributed by atoms with Gasteiger partial charge in [0.2, 0.25) is 11.8 Å². The van der Waals surface area contributed by atoms with Crippen LogP contribution >= 0.6 is 11.3 Å². The second-order valence-electron chi connectivity index (χ2n) is 9.28. The molecule has 1 saturated heterocycles. The number of benzene rings is 1. The largest absolute Gasteiger partial charge is 0.439 e. The number of Topliss-reactive ketones (excluding diaryl/α,β-unsaturated/α-hetero) is 1. The highest BCUT2D eigenvalue weighted by atomic mass is 32.1. The Balaban J connectivity index is 1.22. The van der Waals surface area contributed by atoms with Gasteiger partial charge >= 0.3 is 0 Å². The lowest BCUT2D eigenvalue weighted by molar-refractivity contribution is -0.119. The maximum absolute atomic E-state index is 12.5. The van der Waals surface area contributed by atoms with E-state index in [-0.39, 0.29) is 17.6 Å². The van der Waals surface area contributed by atoms with Crippen LogP contribution in [0.2, 0.25) is 0 Å². The van der Waals surface area contributed by atoms with Crippen LogP contribution in [0.15, 0.2) is 30.3 Å². The second kappa shape index (κ2) is 10.2. The number of rotatable bonds is 9. The molecule has 34 heavy (non-hydrogen) atoms. The van der Waals surface area contributed by atoms with Crippen molar-refractivity contribution in [2.45, 2.75) is 51.9 Å². The van der Waals surface area contributed by atoms with E-state index in [9.17, 15) is 9.59 Å². The van der Waals surface area contributed by atoms with Gasteiger partial charge in [-0.2, -0.15) is 0 Å². The number of hydrogen-bond acceptors (Lipinski definition) is 7. The van der Waals surface area contributed by atoms with Gasteiger partial charge in [-0.15, -0.1) is 0 Å². The van der Waals surface area contributed by atoms with Crippen molar-refractivity contribution in [3.63, 3.8) is 0 Å². The number of nitrogens with one attached hydrogen (secondary N) is 1. The highest BCUT2D eigenvalue weighted by Crippen LogP contribution is 2.33. The van der Waals surface area contributed by atoms with Crippen LogP contribution in [-0.4, -0.2) is 46.2 Å². The predicted molar refractivity (Wildman–Crippen MR) is 134 cm³/mol. The number of ketones is 1. The Kier molecular flexibility index (Phi) is 6.87. The number of amides is 1. The number of nitrogens with zero attached hydrogens (tertiary/aromatic N) is 3. The third kappa shape index (κ3) is 5.80. The van der Waals surface area contributed by atoms with Gasteiger partial charge in [-0.3, -0.25) is 9.59 Å². The fourth-order valence-electron chi connectivity index (χ4n) is 4.24. The number of ether oxygens (including phenoxy) is 1. The molecule has 1 saturated carbocycles. The second-order valence-corrected chi connectivity index (χ2v) is 10.3. The molecule has 2 aromatic heterocycles. The lowest BCUT2D eigenvalue weighted by Crippen LogP contribution is -2.32. The van der Waals surface area contributed by atoms with E-state index < -0.39 is 0 Å². The number of piperidine rings is 1. The Labute approximate surface area is 203 Å². The van der Waals surface area contributed by atoms with Gasteiger partial charge in [0.1, 0.15) is 26.9 Å². The number of fused-ring (bicyclic) bond motifs is 1. The van der Waals surface area contributed by atoms with Gasteiger partial charge < -0.3 is 15.0 Å². The van der Waals surface area contributed by atoms with Crippen LogP contribution < -0.4 is 10.1 Å². The first-order chi connectivity index (χ1) is 16.5. The summed E-state index contributed by atoms with van der Waals surface area (Å²) < 4.78 is 6.07. The van der Waals surface area contributed by atoms with Crippen LogP contribution in [0.1, 0.15) is 49.1 Å². The molecule has 2 fully saturated rings.